The first-order valence-corrected chi connectivity index (χ1v) is 8.95. The van der Waals surface area contributed by atoms with Gasteiger partial charge < -0.3 is 24.1 Å². The molecule has 1 aromatic heterocycles. The van der Waals surface area contributed by atoms with Crippen molar-refractivity contribution in [3.63, 3.8) is 0 Å². The van der Waals surface area contributed by atoms with Crippen LogP contribution in [0.1, 0.15) is 36.0 Å². The van der Waals surface area contributed by atoms with Crippen molar-refractivity contribution in [2.24, 2.45) is 5.90 Å². The van der Waals surface area contributed by atoms with Crippen molar-refractivity contribution in [3.05, 3.63) is 23.9 Å². The summed E-state index contributed by atoms with van der Waals surface area (Å²) in [6.07, 6.45) is 4.61. The zero-order valence-electron chi connectivity index (χ0n) is 12.5. The number of nitrogens with zero attached hydrogens (tertiary/aromatic N) is 1. The summed E-state index contributed by atoms with van der Waals surface area (Å²) in [7, 11) is -3.61. The van der Waals surface area contributed by atoms with E-state index in [0.29, 0.717) is 18.5 Å². The molecule has 1 atom stereocenters. The van der Waals surface area contributed by atoms with Crippen LogP contribution in [0.15, 0.2) is 18.3 Å². The Hall–Kier alpha value is -1.47. The SMILES string of the molecule is CP(=O)([O-])OCCCCCCNC(=O)c1ccc(ON)nc1. The van der Waals surface area contributed by atoms with Gasteiger partial charge in [0.05, 0.1) is 12.2 Å². The van der Waals surface area contributed by atoms with Crippen LogP contribution in [0.3, 0.4) is 0 Å². The topological polar surface area (TPSA) is 127 Å². The van der Waals surface area contributed by atoms with Crippen molar-refractivity contribution in [2.45, 2.75) is 25.7 Å². The van der Waals surface area contributed by atoms with E-state index < -0.39 is 7.60 Å². The molecule has 1 unspecified atom stereocenters. The molecule has 124 valence electrons. The second kappa shape index (κ2) is 9.53. The quantitative estimate of drug-likeness (QED) is 0.369. The lowest BCUT2D eigenvalue weighted by Gasteiger charge is -2.17. The maximum Gasteiger partial charge on any atom is 0.252 e. The van der Waals surface area contributed by atoms with Gasteiger partial charge in [0.25, 0.3) is 5.91 Å². The maximum absolute atomic E-state index is 11.8. The average Bonchev–Trinajstić information content (AvgIpc) is 2.48. The highest BCUT2D eigenvalue weighted by Gasteiger charge is 2.05. The molecule has 1 rings (SSSR count). The van der Waals surface area contributed by atoms with Crippen molar-refractivity contribution in [3.8, 4) is 5.88 Å². The van der Waals surface area contributed by atoms with Crippen LogP contribution >= 0.6 is 7.60 Å². The molecule has 0 aromatic carbocycles. The highest BCUT2D eigenvalue weighted by Crippen LogP contribution is 2.30. The van der Waals surface area contributed by atoms with E-state index in [1.54, 1.807) is 6.07 Å². The molecule has 22 heavy (non-hydrogen) atoms. The monoisotopic (exact) mass is 330 g/mol. The second-order valence-electron chi connectivity index (χ2n) is 4.78. The van der Waals surface area contributed by atoms with Crippen molar-refractivity contribution < 1.29 is 23.6 Å². The van der Waals surface area contributed by atoms with E-state index in [9.17, 15) is 14.3 Å². The Morgan fingerprint density at radius 2 is 2.09 bits per heavy atom. The van der Waals surface area contributed by atoms with Crippen LogP contribution in [0, 0.1) is 0 Å². The van der Waals surface area contributed by atoms with Gasteiger partial charge in [-0.25, -0.2) is 4.98 Å². The average molecular weight is 330 g/mol. The smallest absolute Gasteiger partial charge is 0.252 e. The molecular formula is C13H21N3O5P-. The number of aromatic nitrogens is 1. The van der Waals surface area contributed by atoms with Crippen molar-refractivity contribution in [1.29, 1.82) is 0 Å². The Morgan fingerprint density at radius 1 is 1.36 bits per heavy atom. The zero-order chi connectivity index (χ0) is 16.4. The van der Waals surface area contributed by atoms with Gasteiger partial charge in [-0.2, -0.15) is 5.90 Å². The number of amides is 1. The van der Waals surface area contributed by atoms with E-state index in [2.05, 4.69) is 19.7 Å². The Kier molecular flexibility index (Phi) is 8.05. The van der Waals surface area contributed by atoms with Gasteiger partial charge in [0.2, 0.25) is 5.88 Å². The highest BCUT2D eigenvalue weighted by molar-refractivity contribution is 7.50. The van der Waals surface area contributed by atoms with Crippen molar-refractivity contribution in [1.82, 2.24) is 10.3 Å². The highest BCUT2D eigenvalue weighted by atomic mass is 31.2. The van der Waals surface area contributed by atoms with Crippen LogP contribution in [-0.4, -0.2) is 30.7 Å². The number of nitrogens with one attached hydrogen (secondary N) is 1. The molecule has 0 bridgehead atoms. The van der Waals surface area contributed by atoms with Crippen LogP contribution < -0.4 is 20.9 Å². The molecule has 0 fully saturated rings. The Morgan fingerprint density at radius 3 is 2.68 bits per heavy atom. The van der Waals surface area contributed by atoms with Gasteiger partial charge in [-0.3, -0.25) is 4.79 Å². The molecule has 3 N–H and O–H groups in total. The van der Waals surface area contributed by atoms with E-state index in [0.717, 1.165) is 25.9 Å². The minimum Gasteiger partial charge on any atom is -0.779 e. The first kappa shape index (κ1) is 18.6. The van der Waals surface area contributed by atoms with Gasteiger partial charge >= 0.3 is 0 Å². The van der Waals surface area contributed by atoms with Gasteiger partial charge in [-0.05, 0) is 18.9 Å². The third-order valence-electron chi connectivity index (χ3n) is 2.80. The normalized spacial score (nSPS) is 13.4. The number of carbonyl (C=O) groups excluding carboxylic acids is 1. The first-order chi connectivity index (χ1) is 10.4. The third kappa shape index (κ3) is 8.09. The van der Waals surface area contributed by atoms with Gasteiger partial charge in [-0.15, -0.1) is 0 Å². The number of hydrogen-bond donors (Lipinski definition) is 2. The predicted molar refractivity (Wildman–Crippen MR) is 79.3 cm³/mol. The summed E-state index contributed by atoms with van der Waals surface area (Å²) < 4.78 is 15.4. The Bertz CT molecular complexity index is 503. The van der Waals surface area contributed by atoms with E-state index in [1.165, 1.54) is 12.3 Å². The zero-order valence-corrected chi connectivity index (χ0v) is 13.4. The van der Waals surface area contributed by atoms with Crippen LogP contribution in [0.25, 0.3) is 0 Å². The molecule has 1 amide bonds. The standard InChI is InChI=1S/C13H22N3O5P/c1-22(18,19)20-9-5-3-2-4-8-15-13(17)11-6-7-12(21-14)16-10-11/h6-7,10H,2-5,8-9,14H2,1H3,(H,15,17)(H,18,19)/p-1. The number of carbonyl (C=O) groups is 1. The summed E-state index contributed by atoms with van der Waals surface area (Å²) in [6.45, 7) is 1.82. The molecule has 1 aromatic rings. The van der Waals surface area contributed by atoms with Crippen LogP contribution in [0.5, 0.6) is 5.88 Å². The van der Waals surface area contributed by atoms with E-state index in [4.69, 9.17) is 5.90 Å². The molecular weight excluding hydrogens is 309 g/mol. The molecule has 0 aliphatic rings. The van der Waals surface area contributed by atoms with Crippen molar-refractivity contribution >= 4 is 13.5 Å². The number of nitrogens with two attached hydrogens (primary N) is 1. The van der Waals surface area contributed by atoms with Gasteiger partial charge in [0, 0.05) is 25.5 Å². The van der Waals surface area contributed by atoms with E-state index in [1.807, 2.05) is 0 Å². The molecule has 8 nitrogen and oxygen atoms in total. The Balaban J connectivity index is 2.09. The third-order valence-corrected chi connectivity index (χ3v) is 3.45. The molecule has 0 radical (unpaired) electrons. The van der Waals surface area contributed by atoms with Gasteiger partial charge in [0.15, 0.2) is 0 Å². The molecule has 0 aliphatic heterocycles. The predicted octanol–water partition coefficient (Wildman–Crippen LogP) is 0.824. The maximum atomic E-state index is 11.8. The van der Waals surface area contributed by atoms with Gasteiger partial charge in [-0.1, -0.05) is 12.8 Å². The lowest BCUT2D eigenvalue weighted by molar-refractivity contribution is -0.196. The lowest BCUT2D eigenvalue weighted by atomic mass is 10.2. The molecule has 9 heteroatoms. The summed E-state index contributed by atoms with van der Waals surface area (Å²) in [5.41, 5.74) is 0.434. The first-order valence-electron chi connectivity index (χ1n) is 6.96. The van der Waals surface area contributed by atoms with Crippen LogP contribution in [0.4, 0.5) is 0 Å². The van der Waals surface area contributed by atoms with Gasteiger partial charge in [0.1, 0.15) is 7.60 Å². The molecule has 0 spiro atoms. The fraction of sp³-hybridized carbons (Fsp3) is 0.538. The fourth-order valence-electron chi connectivity index (χ4n) is 1.70. The van der Waals surface area contributed by atoms with Crippen LogP contribution in [0.2, 0.25) is 0 Å². The van der Waals surface area contributed by atoms with E-state index in [-0.39, 0.29) is 18.4 Å². The summed E-state index contributed by atoms with van der Waals surface area (Å²) >= 11 is 0. The van der Waals surface area contributed by atoms with E-state index >= 15 is 0 Å². The summed E-state index contributed by atoms with van der Waals surface area (Å²) in [4.78, 5) is 30.8. The number of pyridine rings is 1. The second-order valence-corrected chi connectivity index (χ2v) is 6.58. The number of rotatable bonds is 10. The molecule has 0 saturated heterocycles. The molecule has 0 saturated carbocycles. The number of hydrogen-bond acceptors (Lipinski definition) is 7. The Labute approximate surface area is 129 Å². The van der Waals surface area contributed by atoms with Crippen molar-refractivity contribution in [2.75, 3.05) is 19.8 Å². The minimum absolute atomic E-state index is 0.210. The summed E-state index contributed by atoms with van der Waals surface area (Å²) in [5, 5.41) is 2.77. The van der Waals surface area contributed by atoms with Crippen LogP contribution in [-0.2, 0) is 9.09 Å². The summed E-state index contributed by atoms with van der Waals surface area (Å²) in [5.74, 6) is 4.98. The lowest BCUT2D eigenvalue weighted by Crippen LogP contribution is -2.24. The minimum atomic E-state index is -3.61. The number of unbranched alkanes of at least 4 members (excludes halogenated alkanes) is 3. The largest absolute Gasteiger partial charge is 0.779 e. The fourth-order valence-corrected chi connectivity index (χ4v) is 2.16. The summed E-state index contributed by atoms with van der Waals surface area (Å²) in [6, 6.07) is 3.09. The molecule has 0 aliphatic carbocycles. The molecule has 1 heterocycles.